The number of nitrogens with zero attached hydrogens (tertiary/aromatic N) is 4. The van der Waals surface area contributed by atoms with Gasteiger partial charge in [0.25, 0.3) is 0 Å². The predicted molar refractivity (Wildman–Crippen MR) is 140 cm³/mol. The maximum absolute atomic E-state index is 12.0. The second kappa shape index (κ2) is 11.4. The quantitative estimate of drug-likeness (QED) is 0.320. The van der Waals surface area contributed by atoms with E-state index < -0.39 is 0 Å². The van der Waals surface area contributed by atoms with E-state index in [1.165, 1.54) is 0 Å². The third-order valence-electron chi connectivity index (χ3n) is 5.55. The number of carbonyl (C=O) groups excluding carboxylic acids is 1. The summed E-state index contributed by atoms with van der Waals surface area (Å²) in [7, 11) is 0. The highest BCUT2D eigenvalue weighted by Crippen LogP contribution is 2.30. The number of pyridine rings is 2. The van der Waals surface area contributed by atoms with Crippen molar-refractivity contribution in [3.8, 4) is 0 Å². The fraction of sp³-hybridized carbons (Fsp3) is 0.308. The minimum atomic E-state index is -0.182. The fourth-order valence-corrected chi connectivity index (χ4v) is 3.87. The molecule has 4 N–H and O–H groups in total. The first kappa shape index (κ1) is 24.2. The van der Waals surface area contributed by atoms with E-state index in [-0.39, 0.29) is 6.03 Å². The minimum Gasteiger partial charge on any atom is -0.382 e. The molecule has 4 rings (SSSR count). The number of fused-ring (bicyclic) bond motifs is 3. The van der Waals surface area contributed by atoms with Crippen molar-refractivity contribution in [3.63, 3.8) is 0 Å². The molecule has 0 unspecified atom stereocenters. The molecule has 0 spiro atoms. The van der Waals surface area contributed by atoms with Crippen molar-refractivity contribution in [2.75, 3.05) is 25.4 Å². The topological polar surface area (TPSA) is 120 Å². The molecule has 0 aliphatic carbocycles. The first-order valence-corrected chi connectivity index (χ1v) is 11.9. The molecule has 0 saturated heterocycles. The lowest BCUT2D eigenvalue weighted by molar-refractivity contribution is 0.126. The van der Waals surface area contributed by atoms with Crippen molar-refractivity contribution in [1.82, 2.24) is 30.2 Å². The molecule has 3 aromatic heterocycles. The first-order valence-electron chi connectivity index (χ1n) is 11.9. The van der Waals surface area contributed by atoms with Gasteiger partial charge in [0.15, 0.2) is 5.82 Å². The van der Waals surface area contributed by atoms with Crippen LogP contribution in [0.5, 0.6) is 0 Å². The average molecular weight is 474 g/mol. The zero-order valence-electron chi connectivity index (χ0n) is 20.1. The highest BCUT2D eigenvalue weighted by molar-refractivity contribution is 6.07. The van der Waals surface area contributed by atoms with Crippen LogP contribution in [0, 0.1) is 0 Å². The molecule has 9 nitrogen and oxygen atoms in total. The SMILES string of the molecule is CCCNC(=O)NCCn1c(COCC)nc2c(N)nc3cc(C=Cc4cccnc4)ccc3c21. The van der Waals surface area contributed by atoms with E-state index in [9.17, 15) is 4.79 Å². The summed E-state index contributed by atoms with van der Waals surface area (Å²) in [6.07, 6.45) is 8.48. The maximum atomic E-state index is 12.0. The Hall–Kier alpha value is -3.98. The van der Waals surface area contributed by atoms with Crippen LogP contribution in [0.4, 0.5) is 10.6 Å². The summed E-state index contributed by atoms with van der Waals surface area (Å²) in [5.74, 6) is 1.12. The van der Waals surface area contributed by atoms with Crippen molar-refractivity contribution in [2.45, 2.75) is 33.4 Å². The van der Waals surface area contributed by atoms with Crippen molar-refractivity contribution in [3.05, 3.63) is 59.7 Å². The number of aromatic nitrogens is 4. The summed E-state index contributed by atoms with van der Waals surface area (Å²) >= 11 is 0. The van der Waals surface area contributed by atoms with Crippen LogP contribution in [0.2, 0.25) is 0 Å². The number of anilines is 1. The van der Waals surface area contributed by atoms with Gasteiger partial charge in [-0.05, 0) is 36.6 Å². The Bertz CT molecular complexity index is 1330. The van der Waals surface area contributed by atoms with Crippen LogP contribution in [0.3, 0.4) is 0 Å². The predicted octanol–water partition coefficient (Wildman–Crippen LogP) is 3.98. The van der Waals surface area contributed by atoms with E-state index in [1.807, 2.05) is 62.5 Å². The normalized spacial score (nSPS) is 11.5. The van der Waals surface area contributed by atoms with Crippen molar-refractivity contribution in [2.24, 2.45) is 0 Å². The third-order valence-corrected chi connectivity index (χ3v) is 5.55. The van der Waals surface area contributed by atoms with Gasteiger partial charge in [-0.2, -0.15) is 0 Å². The molecule has 0 aliphatic heterocycles. The second-order valence-corrected chi connectivity index (χ2v) is 8.09. The van der Waals surface area contributed by atoms with Gasteiger partial charge in [0.05, 0.1) is 11.0 Å². The van der Waals surface area contributed by atoms with E-state index >= 15 is 0 Å². The minimum absolute atomic E-state index is 0.182. The van der Waals surface area contributed by atoms with Crippen LogP contribution < -0.4 is 16.4 Å². The van der Waals surface area contributed by atoms with Gasteiger partial charge >= 0.3 is 6.03 Å². The van der Waals surface area contributed by atoms with Crippen LogP contribution in [-0.4, -0.2) is 45.2 Å². The van der Waals surface area contributed by atoms with Crippen molar-refractivity contribution >= 4 is 45.9 Å². The molecular weight excluding hydrogens is 442 g/mol. The van der Waals surface area contributed by atoms with Crippen LogP contribution in [0.1, 0.15) is 37.2 Å². The van der Waals surface area contributed by atoms with Crippen molar-refractivity contribution < 1.29 is 9.53 Å². The van der Waals surface area contributed by atoms with Gasteiger partial charge in [-0.15, -0.1) is 0 Å². The number of nitrogens with one attached hydrogen (secondary N) is 2. The fourth-order valence-electron chi connectivity index (χ4n) is 3.87. The summed E-state index contributed by atoms with van der Waals surface area (Å²) < 4.78 is 7.72. The average Bonchev–Trinajstić information content (AvgIpc) is 3.24. The summed E-state index contributed by atoms with van der Waals surface area (Å²) in [6, 6.07) is 9.81. The number of ether oxygens (including phenoxy) is 1. The zero-order chi connectivity index (χ0) is 24.6. The molecule has 182 valence electrons. The van der Waals surface area contributed by atoms with E-state index in [0.717, 1.165) is 39.8 Å². The highest BCUT2D eigenvalue weighted by atomic mass is 16.5. The smallest absolute Gasteiger partial charge is 0.314 e. The first-order chi connectivity index (χ1) is 17.1. The summed E-state index contributed by atoms with van der Waals surface area (Å²) in [6.45, 7) is 6.48. The lowest BCUT2D eigenvalue weighted by Crippen LogP contribution is -2.37. The molecule has 0 aliphatic rings. The molecule has 0 bridgehead atoms. The van der Waals surface area contributed by atoms with Crippen LogP contribution in [0.25, 0.3) is 34.1 Å². The van der Waals surface area contributed by atoms with Gasteiger partial charge in [0.1, 0.15) is 17.9 Å². The van der Waals surface area contributed by atoms with E-state index in [1.54, 1.807) is 6.20 Å². The molecule has 35 heavy (non-hydrogen) atoms. The lowest BCUT2D eigenvalue weighted by atomic mass is 10.1. The van der Waals surface area contributed by atoms with E-state index in [0.29, 0.717) is 44.2 Å². The largest absolute Gasteiger partial charge is 0.382 e. The molecule has 4 aromatic rings. The zero-order valence-corrected chi connectivity index (χ0v) is 20.1. The molecule has 9 heteroatoms. The molecule has 1 aromatic carbocycles. The van der Waals surface area contributed by atoms with Gasteiger partial charge in [0.2, 0.25) is 0 Å². The Labute approximate surface area is 204 Å². The Morgan fingerprint density at radius 3 is 2.71 bits per heavy atom. The highest BCUT2D eigenvalue weighted by Gasteiger charge is 2.17. The number of nitrogen functional groups attached to an aromatic ring is 1. The Morgan fingerprint density at radius 2 is 1.94 bits per heavy atom. The Balaban J connectivity index is 1.69. The molecule has 2 amide bonds. The number of hydrogen-bond donors (Lipinski definition) is 3. The number of rotatable bonds is 10. The summed E-state index contributed by atoms with van der Waals surface area (Å²) in [5.41, 5.74) is 10.7. The van der Waals surface area contributed by atoms with Gasteiger partial charge in [-0.25, -0.2) is 14.8 Å². The van der Waals surface area contributed by atoms with Gasteiger partial charge in [-0.3, -0.25) is 4.98 Å². The standard InChI is InChI=1S/C26H31N7O2/c1-3-11-29-26(34)30-13-14-33-22(17-35-4-2)32-23-24(33)20-10-9-18(15-21(20)31-25(23)27)7-8-19-6-5-12-28-16-19/h5-10,12,15-16H,3-4,11,13-14,17H2,1-2H3,(H2,27,31)(H2,29,30,34). The van der Waals surface area contributed by atoms with Gasteiger partial charge in [0, 0.05) is 44.0 Å². The number of imidazole rings is 1. The molecule has 0 fully saturated rings. The molecule has 3 heterocycles. The second-order valence-electron chi connectivity index (χ2n) is 8.09. The van der Waals surface area contributed by atoms with Crippen LogP contribution in [-0.2, 0) is 17.9 Å². The number of amides is 2. The third kappa shape index (κ3) is 5.75. The summed E-state index contributed by atoms with van der Waals surface area (Å²) in [4.78, 5) is 25.5. The summed E-state index contributed by atoms with van der Waals surface area (Å²) in [5, 5.41) is 6.68. The molecular formula is C26H31N7O2. The lowest BCUT2D eigenvalue weighted by Gasteiger charge is -2.12. The Morgan fingerprint density at radius 1 is 1.11 bits per heavy atom. The van der Waals surface area contributed by atoms with E-state index in [4.69, 9.17) is 15.5 Å². The number of nitrogens with two attached hydrogens (primary N) is 1. The van der Waals surface area contributed by atoms with Gasteiger partial charge < -0.3 is 25.7 Å². The van der Waals surface area contributed by atoms with Crippen molar-refractivity contribution in [1.29, 1.82) is 0 Å². The molecule has 0 radical (unpaired) electrons. The number of benzene rings is 1. The number of hydrogen-bond acceptors (Lipinski definition) is 6. The maximum Gasteiger partial charge on any atom is 0.314 e. The number of urea groups is 1. The van der Waals surface area contributed by atoms with Crippen LogP contribution in [0.15, 0.2) is 42.7 Å². The van der Waals surface area contributed by atoms with Crippen LogP contribution >= 0.6 is 0 Å². The van der Waals surface area contributed by atoms with Gasteiger partial charge in [-0.1, -0.05) is 37.3 Å². The molecule has 0 saturated carbocycles. The monoisotopic (exact) mass is 473 g/mol. The number of carbonyl (C=O) groups is 1. The van der Waals surface area contributed by atoms with E-state index in [2.05, 4.69) is 25.2 Å². The molecule has 0 atom stereocenters. The Kier molecular flexibility index (Phi) is 7.89.